The number of H-pyrrole nitrogens is 1. The summed E-state index contributed by atoms with van der Waals surface area (Å²) in [5, 5.41) is 10.3. The first-order chi connectivity index (χ1) is 9.28. The van der Waals surface area contributed by atoms with Crippen molar-refractivity contribution >= 4 is 5.91 Å². The van der Waals surface area contributed by atoms with Gasteiger partial charge in [0, 0.05) is 17.7 Å². The number of hydrogen-bond acceptors (Lipinski definition) is 3. The number of aromatic nitrogens is 2. The molecule has 1 fully saturated rings. The lowest BCUT2D eigenvalue weighted by Gasteiger charge is -2.26. The highest BCUT2D eigenvalue weighted by atomic mass is 16.2. The molecule has 1 unspecified atom stereocenters. The molecule has 0 radical (unpaired) electrons. The molecule has 0 aliphatic heterocycles. The molecular formula is C14H22N4O. The number of carbonyl (C=O) groups is 1. The SMILES string of the molecule is NC[C@H]1CCC[C@H]1C(=O)NC1CCc2[nH]ncc2C1. The van der Waals surface area contributed by atoms with Gasteiger partial charge in [-0.2, -0.15) is 5.10 Å². The van der Waals surface area contributed by atoms with Crippen LogP contribution in [0, 0.1) is 11.8 Å². The number of fused-ring (bicyclic) bond motifs is 1. The Labute approximate surface area is 113 Å². The molecule has 0 bridgehead atoms. The summed E-state index contributed by atoms with van der Waals surface area (Å²) in [7, 11) is 0. The van der Waals surface area contributed by atoms with Gasteiger partial charge in [0.25, 0.3) is 0 Å². The van der Waals surface area contributed by atoms with Crippen LogP contribution in [0.3, 0.4) is 0 Å². The first kappa shape index (κ1) is 12.7. The van der Waals surface area contributed by atoms with Crippen molar-refractivity contribution in [1.82, 2.24) is 15.5 Å². The van der Waals surface area contributed by atoms with Crippen LogP contribution in [0.15, 0.2) is 6.20 Å². The van der Waals surface area contributed by atoms with E-state index in [1.807, 2.05) is 6.20 Å². The topological polar surface area (TPSA) is 83.8 Å². The average molecular weight is 262 g/mol. The Morgan fingerprint density at radius 3 is 3.21 bits per heavy atom. The third kappa shape index (κ3) is 2.52. The first-order valence-electron chi connectivity index (χ1n) is 7.29. The summed E-state index contributed by atoms with van der Waals surface area (Å²) in [4.78, 5) is 12.3. The zero-order chi connectivity index (χ0) is 13.2. The first-order valence-corrected chi connectivity index (χ1v) is 7.29. The number of carbonyl (C=O) groups excluding carboxylic acids is 1. The molecule has 0 saturated heterocycles. The molecule has 1 heterocycles. The molecule has 1 amide bonds. The second-order valence-corrected chi connectivity index (χ2v) is 5.86. The second kappa shape index (κ2) is 5.33. The van der Waals surface area contributed by atoms with Gasteiger partial charge in [0.05, 0.1) is 6.20 Å². The predicted molar refractivity (Wildman–Crippen MR) is 72.4 cm³/mol. The highest BCUT2D eigenvalue weighted by Gasteiger charge is 2.33. The summed E-state index contributed by atoms with van der Waals surface area (Å²) in [6.07, 6.45) is 7.99. The summed E-state index contributed by atoms with van der Waals surface area (Å²) in [5.41, 5.74) is 8.23. The van der Waals surface area contributed by atoms with E-state index in [-0.39, 0.29) is 17.9 Å². The third-order valence-corrected chi connectivity index (χ3v) is 4.66. The number of nitrogens with one attached hydrogen (secondary N) is 2. The Balaban J connectivity index is 1.59. The molecular weight excluding hydrogens is 240 g/mol. The maximum Gasteiger partial charge on any atom is 0.223 e. The van der Waals surface area contributed by atoms with Crippen molar-refractivity contribution in [3.8, 4) is 0 Å². The molecule has 1 aromatic heterocycles. The fourth-order valence-electron chi connectivity index (χ4n) is 3.51. The van der Waals surface area contributed by atoms with E-state index < -0.39 is 0 Å². The van der Waals surface area contributed by atoms with Crippen molar-refractivity contribution in [3.05, 3.63) is 17.5 Å². The van der Waals surface area contributed by atoms with Crippen LogP contribution in [-0.4, -0.2) is 28.7 Å². The molecule has 3 atom stereocenters. The molecule has 1 aromatic rings. The normalized spacial score (nSPS) is 30.1. The van der Waals surface area contributed by atoms with Crippen LogP contribution in [0.4, 0.5) is 0 Å². The minimum absolute atomic E-state index is 0.135. The Bertz CT molecular complexity index is 456. The van der Waals surface area contributed by atoms with Crippen molar-refractivity contribution < 1.29 is 4.79 Å². The predicted octanol–water partition coefficient (Wildman–Crippen LogP) is 0.758. The highest BCUT2D eigenvalue weighted by molar-refractivity contribution is 5.79. The average Bonchev–Trinajstić information content (AvgIpc) is 3.06. The minimum Gasteiger partial charge on any atom is -0.353 e. The summed E-state index contributed by atoms with van der Waals surface area (Å²) in [6, 6.07) is 0.261. The van der Waals surface area contributed by atoms with Crippen molar-refractivity contribution in [1.29, 1.82) is 0 Å². The standard InChI is InChI=1S/C14H22N4O/c15-7-9-2-1-3-12(9)14(19)17-11-4-5-13-10(6-11)8-16-18-13/h8-9,11-12H,1-7,15H2,(H,16,18)(H,17,19)/t9-,11?,12-/m1/s1. The molecule has 4 N–H and O–H groups in total. The number of hydrogen-bond donors (Lipinski definition) is 3. The number of nitrogens with two attached hydrogens (primary N) is 1. The number of aromatic amines is 1. The van der Waals surface area contributed by atoms with E-state index in [1.54, 1.807) is 0 Å². The number of nitrogens with zero attached hydrogens (tertiary/aromatic N) is 1. The van der Waals surface area contributed by atoms with Crippen LogP contribution in [0.2, 0.25) is 0 Å². The lowest BCUT2D eigenvalue weighted by atomic mass is 9.91. The quantitative estimate of drug-likeness (QED) is 0.752. The van der Waals surface area contributed by atoms with Gasteiger partial charge in [0.15, 0.2) is 0 Å². The lowest BCUT2D eigenvalue weighted by molar-refractivity contribution is -0.126. The van der Waals surface area contributed by atoms with E-state index in [0.717, 1.165) is 38.5 Å². The van der Waals surface area contributed by atoms with Crippen molar-refractivity contribution in [3.63, 3.8) is 0 Å². The van der Waals surface area contributed by atoms with Gasteiger partial charge in [-0.15, -0.1) is 0 Å². The van der Waals surface area contributed by atoms with E-state index >= 15 is 0 Å². The van der Waals surface area contributed by atoms with Crippen LogP contribution in [0.5, 0.6) is 0 Å². The largest absolute Gasteiger partial charge is 0.353 e. The fourth-order valence-corrected chi connectivity index (χ4v) is 3.51. The van der Waals surface area contributed by atoms with Crippen LogP contribution < -0.4 is 11.1 Å². The van der Waals surface area contributed by atoms with Crippen molar-refractivity contribution in [2.24, 2.45) is 17.6 Å². The van der Waals surface area contributed by atoms with E-state index in [2.05, 4.69) is 15.5 Å². The molecule has 2 aliphatic carbocycles. The molecule has 0 spiro atoms. The van der Waals surface area contributed by atoms with Gasteiger partial charge in [0.1, 0.15) is 0 Å². The Morgan fingerprint density at radius 2 is 2.37 bits per heavy atom. The molecule has 5 heteroatoms. The molecule has 5 nitrogen and oxygen atoms in total. The number of amides is 1. The van der Waals surface area contributed by atoms with Crippen LogP contribution in [-0.2, 0) is 17.6 Å². The minimum atomic E-state index is 0.135. The van der Waals surface area contributed by atoms with Gasteiger partial charge in [-0.25, -0.2) is 0 Å². The maximum absolute atomic E-state index is 12.3. The van der Waals surface area contributed by atoms with Crippen molar-refractivity contribution in [2.75, 3.05) is 6.54 Å². The Hall–Kier alpha value is -1.36. The second-order valence-electron chi connectivity index (χ2n) is 5.86. The van der Waals surface area contributed by atoms with Gasteiger partial charge in [-0.3, -0.25) is 9.89 Å². The molecule has 104 valence electrons. The van der Waals surface area contributed by atoms with E-state index in [1.165, 1.54) is 11.3 Å². The van der Waals surface area contributed by atoms with Gasteiger partial charge < -0.3 is 11.1 Å². The molecule has 19 heavy (non-hydrogen) atoms. The van der Waals surface area contributed by atoms with Gasteiger partial charge in [0.2, 0.25) is 5.91 Å². The van der Waals surface area contributed by atoms with Gasteiger partial charge in [-0.05, 0) is 50.1 Å². The van der Waals surface area contributed by atoms with Crippen LogP contribution >= 0.6 is 0 Å². The van der Waals surface area contributed by atoms with Crippen LogP contribution in [0.1, 0.15) is 36.9 Å². The zero-order valence-corrected chi connectivity index (χ0v) is 11.2. The van der Waals surface area contributed by atoms with E-state index in [4.69, 9.17) is 5.73 Å². The van der Waals surface area contributed by atoms with Gasteiger partial charge in [-0.1, -0.05) is 6.42 Å². The zero-order valence-electron chi connectivity index (χ0n) is 11.2. The summed E-state index contributed by atoms with van der Waals surface area (Å²) < 4.78 is 0. The summed E-state index contributed by atoms with van der Waals surface area (Å²) in [6.45, 7) is 0.634. The monoisotopic (exact) mass is 262 g/mol. The third-order valence-electron chi connectivity index (χ3n) is 4.66. The summed E-state index contributed by atoms with van der Waals surface area (Å²) in [5.74, 6) is 0.730. The number of rotatable bonds is 3. The van der Waals surface area contributed by atoms with Crippen molar-refractivity contribution in [2.45, 2.75) is 44.6 Å². The van der Waals surface area contributed by atoms with E-state index in [9.17, 15) is 4.79 Å². The Morgan fingerprint density at radius 1 is 1.47 bits per heavy atom. The van der Waals surface area contributed by atoms with E-state index in [0.29, 0.717) is 12.5 Å². The molecule has 3 rings (SSSR count). The Kier molecular flexibility index (Phi) is 3.55. The highest BCUT2D eigenvalue weighted by Crippen LogP contribution is 2.31. The smallest absolute Gasteiger partial charge is 0.223 e. The maximum atomic E-state index is 12.3. The number of aryl methyl sites for hydroxylation is 1. The van der Waals surface area contributed by atoms with Gasteiger partial charge >= 0.3 is 0 Å². The van der Waals surface area contributed by atoms with Crippen LogP contribution in [0.25, 0.3) is 0 Å². The molecule has 1 saturated carbocycles. The molecule has 2 aliphatic rings. The lowest BCUT2D eigenvalue weighted by Crippen LogP contribution is -2.43. The summed E-state index contributed by atoms with van der Waals surface area (Å²) >= 11 is 0. The fraction of sp³-hybridized carbons (Fsp3) is 0.714. The molecule has 0 aromatic carbocycles.